The number of anilines is 1. The molecule has 4 rings (SSSR count). The minimum absolute atomic E-state index is 0.114. The van der Waals surface area contributed by atoms with Gasteiger partial charge in [0.1, 0.15) is 5.75 Å². The van der Waals surface area contributed by atoms with Crippen LogP contribution in [0.25, 0.3) is 0 Å². The molecule has 0 amide bonds. The van der Waals surface area contributed by atoms with Gasteiger partial charge in [0.25, 0.3) is 5.56 Å². The molecule has 3 aromatic rings. The minimum atomic E-state index is -4.44. The second kappa shape index (κ2) is 12.1. The number of nitrogens with zero attached hydrogens (tertiary/aromatic N) is 4. The average molecular weight is 551 g/mol. The van der Waals surface area contributed by atoms with E-state index in [2.05, 4.69) is 4.90 Å². The van der Waals surface area contributed by atoms with Crippen molar-refractivity contribution in [1.29, 1.82) is 0 Å². The summed E-state index contributed by atoms with van der Waals surface area (Å²) in [4.78, 5) is 29.9. The van der Waals surface area contributed by atoms with E-state index in [1.54, 1.807) is 29.8 Å². The van der Waals surface area contributed by atoms with Gasteiger partial charge in [-0.05, 0) is 37.6 Å². The van der Waals surface area contributed by atoms with Crippen molar-refractivity contribution in [2.75, 3.05) is 44.2 Å². The molecule has 0 spiro atoms. The Balaban J connectivity index is 1.34. The lowest BCUT2D eigenvalue weighted by Gasteiger charge is -2.36. The van der Waals surface area contributed by atoms with Gasteiger partial charge in [0.15, 0.2) is 6.61 Å². The molecule has 0 bridgehead atoms. The Morgan fingerprint density at radius 1 is 0.974 bits per heavy atom. The zero-order valence-electron chi connectivity index (χ0n) is 21.1. The van der Waals surface area contributed by atoms with Gasteiger partial charge < -0.3 is 14.2 Å². The summed E-state index contributed by atoms with van der Waals surface area (Å²) in [5.74, 6) is 0.114. The van der Waals surface area contributed by atoms with Crippen molar-refractivity contribution in [3.63, 3.8) is 0 Å². The number of alkyl halides is 3. The molecule has 1 aromatic heterocycles. The highest BCUT2D eigenvalue weighted by Crippen LogP contribution is 2.33. The number of hydrogen-bond acceptors (Lipinski definition) is 5. The molecule has 0 saturated carbocycles. The molecule has 0 aliphatic carbocycles. The van der Waals surface area contributed by atoms with E-state index >= 15 is 0 Å². The maximum Gasteiger partial charge on any atom is 0.422 e. The van der Waals surface area contributed by atoms with E-state index in [-0.39, 0.29) is 23.5 Å². The monoisotopic (exact) mass is 550 g/mol. The van der Waals surface area contributed by atoms with Crippen molar-refractivity contribution >= 4 is 17.3 Å². The highest BCUT2D eigenvalue weighted by Gasteiger charge is 2.29. The number of rotatable bonds is 9. The lowest BCUT2D eigenvalue weighted by Crippen LogP contribution is -2.47. The summed E-state index contributed by atoms with van der Waals surface area (Å²) in [6, 6.07) is 14.1. The number of piperazine rings is 1. The quantitative estimate of drug-likeness (QED) is 0.400. The number of hydrogen-bond donors (Lipinski definition) is 0. The Bertz CT molecular complexity index is 1350. The van der Waals surface area contributed by atoms with Crippen molar-refractivity contribution in [3.05, 3.63) is 91.7 Å². The van der Waals surface area contributed by atoms with Gasteiger partial charge in [-0.1, -0.05) is 41.9 Å². The molecule has 38 heavy (non-hydrogen) atoms. The van der Waals surface area contributed by atoms with Crippen LogP contribution in [0.1, 0.15) is 17.5 Å². The molecule has 2 aromatic carbocycles. The standard InChI is InChI=1S/C27H30ClF3N4O3/c1-20-17-34(26(37)35(25(20)36)18-21-6-3-2-4-7-21)11-5-10-32-12-14-33(15-13-32)23-9-8-22(28)16-24(23)38-19-27(29,30)31/h2-4,6-9,16-17H,5,10-15,18-19H2,1H3. The fraction of sp³-hybridized carbons (Fsp3) is 0.407. The van der Waals surface area contributed by atoms with E-state index in [0.29, 0.717) is 55.4 Å². The Morgan fingerprint density at radius 2 is 1.68 bits per heavy atom. The molecule has 0 N–H and O–H groups in total. The van der Waals surface area contributed by atoms with Crippen molar-refractivity contribution < 1.29 is 17.9 Å². The largest absolute Gasteiger partial charge is 0.482 e. The van der Waals surface area contributed by atoms with Gasteiger partial charge in [-0.2, -0.15) is 13.2 Å². The lowest BCUT2D eigenvalue weighted by molar-refractivity contribution is -0.153. The van der Waals surface area contributed by atoms with Crippen LogP contribution in [0.15, 0.2) is 64.3 Å². The summed E-state index contributed by atoms with van der Waals surface area (Å²) in [6.45, 7) is 4.43. The third kappa shape index (κ3) is 7.20. The zero-order valence-corrected chi connectivity index (χ0v) is 21.8. The predicted molar refractivity (Wildman–Crippen MR) is 142 cm³/mol. The third-order valence-electron chi connectivity index (χ3n) is 6.49. The lowest BCUT2D eigenvalue weighted by atomic mass is 10.2. The maximum absolute atomic E-state index is 13.0. The van der Waals surface area contributed by atoms with E-state index in [1.165, 1.54) is 10.6 Å². The zero-order chi connectivity index (χ0) is 27.3. The molecule has 0 radical (unpaired) electrons. The van der Waals surface area contributed by atoms with Gasteiger partial charge in [0, 0.05) is 55.6 Å². The first kappa shape index (κ1) is 27.8. The molecule has 204 valence electrons. The minimum Gasteiger partial charge on any atom is -0.482 e. The van der Waals surface area contributed by atoms with Gasteiger partial charge in [0.05, 0.1) is 12.2 Å². The molecular weight excluding hydrogens is 521 g/mol. The van der Waals surface area contributed by atoms with Crippen LogP contribution >= 0.6 is 11.6 Å². The van der Waals surface area contributed by atoms with Crippen molar-refractivity contribution in [1.82, 2.24) is 14.0 Å². The van der Waals surface area contributed by atoms with Gasteiger partial charge in [-0.25, -0.2) is 4.79 Å². The molecule has 0 unspecified atom stereocenters. The summed E-state index contributed by atoms with van der Waals surface area (Å²) < 4.78 is 45.9. The van der Waals surface area contributed by atoms with Crippen molar-refractivity contribution in [2.24, 2.45) is 0 Å². The Kier molecular flexibility index (Phi) is 8.83. The molecule has 1 aliphatic heterocycles. The molecule has 2 heterocycles. The van der Waals surface area contributed by atoms with Crippen LogP contribution in [0.2, 0.25) is 5.02 Å². The first-order chi connectivity index (χ1) is 18.1. The molecule has 1 fully saturated rings. The van der Waals surface area contributed by atoms with Crippen molar-refractivity contribution in [2.45, 2.75) is 32.6 Å². The fourth-order valence-corrected chi connectivity index (χ4v) is 4.73. The number of halogens is 4. The topological polar surface area (TPSA) is 59.7 Å². The van der Waals surface area contributed by atoms with E-state index in [9.17, 15) is 22.8 Å². The SMILES string of the molecule is Cc1cn(CCCN2CCN(c3ccc(Cl)cc3OCC(F)(F)F)CC2)c(=O)n(Cc2ccccc2)c1=O. The molecule has 1 aliphatic rings. The second-order valence-electron chi connectivity index (χ2n) is 9.36. The predicted octanol–water partition coefficient (Wildman–Crippen LogP) is 4.17. The van der Waals surface area contributed by atoms with Crippen LogP contribution in [0.4, 0.5) is 18.9 Å². The van der Waals surface area contributed by atoms with Crippen LogP contribution in [0.5, 0.6) is 5.75 Å². The number of ether oxygens (including phenoxy) is 1. The summed E-state index contributed by atoms with van der Waals surface area (Å²) >= 11 is 5.99. The highest BCUT2D eigenvalue weighted by atomic mass is 35.5. The van der Waals surface area contributed by atoms with Gasteiger partial charge in [0.2, 0.25) is 0 Å². The molecule has 0 atom stereocenters. The summed E-state index contributed by atoms with van der Waals surface area (Å²) in [5, 5.41) is 0.310. The summed E-state index contributed by atoms with van der Waals surface area (Å²) in [7, 11) is 0. The maximum atomic E-state index is 13.0. The van der Waals surface area contributed by atoms with Crippen LogP contribution in [-0.2, 0) is 13.1 Å². The van der Waals surface area contributed by atoms with Gasteiger partial charge in [-0.15, -0.1) is 0 Å². The Hall–Kier alpha value is -3.24. The molecular formula is C27H30ClF3N4O3. The highest BCUT2D eigenvalue weighted by molar-refractivity contribution is 6.30. The number of aromatic nitrogens is 2. The summed E-state index contributed by atoms with van der Waals surface area (Å²) in [6.07, 6.45) is -2.11. The van der Waals surface area contributed by atoms with Crippen LogP contribution in [-0.4, -0.2) is 59.5 Å². The van der Waals surface area contributed by atoms with Gasteiger partial charge >= 0.3 is 11.9 Å². The Labute approximate surface area is 223 Å². The fourth-order valence-electron chi connectivity index (χ4n) is 4.57. The molecule has 11 heteroatoms. The van der Waals surface area contributed by atoms with Crippen LogP contribution in [0.3, 0.4) is 0 Å². The van der Waals surface area contributed by atoms with E-state index in [1.807, 2.05) is 35.2 Å². The second-order valence-corrected chi connectivity index (χ2v) is 9.80. The van der Waals surface area contributed by atoms with Crippen LogP contribution < -0.4 is 20.9 Å². The average Bonchev–Trinajstić information content (AvgIpc) is 2.89. The van der Waals surface area contributed by atoms with Gasteiger partial charge in [-0.3, -0.25) is 14.3 Å². The first-order valence-electron chi connectivity index (χ1n) is 12.4. The normalized spacial score (nSPS) is 14.6. The molecule has 7 nitrogen and oxygen atoms in total. The smallest absolute Gasteiger partial charge is 0.422 e. The van der Waals surface area contributed by atoms with Crippen molar-refractivity contribution in [3.8, 4) is 5.75 Å². The Morgan fingerprint density at radius 3 is 2.37 bits per heavy atom. The summed E-state index contributed by atoms with van der Waals surface area (Å²) in [5.41, 5.74) is 1.37. The first-order valence-corrected chi connectivity index (χ1v) is 12.8. The third-order valence-corrected chi connectivity index (χ3v) is 6.73. The van der Waals surface area contributed by atoms with E-state index in [0.717, 1.165) is 12.1 Å². The number of aryl methyl sites for hydroxylation is 2. The van der Waals surface area contributed by atoms with E-state index in [4.69, 9.17) is 16.3 Å². The van der Waals surface area contributed by atoms with E-state index < -0.39 is 12.8 Å². The van der Waals surface area contributed by atoms with Crippen LogP contribution in [0, 0.1) is 6.92 Å². The molecule has 1 saturated heterocycles. The number of benzene rings is 2.